The Morgan fingerprint density at radius 3 is 2.45 bits per heavy atom. The number of benzene rings is 1. The van der Waals surface area contributed by atoms with Gasteiger partial charge in [0.1, 0.15) is 0 Å². The Hall–Kier alpha value is -2.46. The molecule has 31 heavy (non-hydrogen) atoms. The van der Waals surface area contributed by atoms with Crippen LogP contribution < -0.4 is 10.6 Å². The predicted octanol–water partition coefficient (Wildman–Crippen LogP) is 2.28. The highest BCUT2D eigenvalue weighted by atomic mass is 32.2. The number of imide groups is 1. The van der Waals surface area contributed by atoms with Gasteiger partial charge in [0.25, 0.3) is 5.91 Å². The SMILES string of the molecule is CCN(CC)S(=O)(=O)c1cccc(C(=O)OCC(=O)NC(=O)NC2CCCCC2C)c1. The molecule has 1 saturated carbocycles. The van der Waals surface area contributed by atoms with Crippen LogP contribution in [0.15, 0.2) is 29.2 Å². The van der Waals surface area contributed by atoms with Crippen LogP contribution in [0.2, 0.25) is 0 Å². The Kier molecular flexibility index (Phi) is 9.00. The maximum Gasteiger partial charge on any atom is 0.338 e. The second-order valence-corrected chi connectivity index (χ2v) is 9.52. The van der Waals surface area contributed by atoms with Crippen molar-refractivity contribution < 1.29 is 27.5 Å². The van der Waals surface area contributed by atoms with Crippen molar-refractivity contribution >= 4 is 27.9 Å². The molecule has 2 N–H and O–H groups in total. The third-order valence-corrected chi connectivity index (χ3v) is 7.47. The minimum atomic E-state index is -3.73. The van der Waals surface area contributed by atoms with Crippen LogP contribution in [0.4, 0.5) is 4.79 Å². The lowest BCUT2D eigenvalue weighted by molar-refractivity contribution is -0.123. The molecule has 2 unspecified atom stereocenters. The van der Waals surface area contributed by atoms with E-state index >= 15 is 0 Å². The van der Waals surface area contributed by atoms with E-state index in [0.29, 0.717) is 19.0 Å². The van der Waals surface area contributed by atoms with Crippen molar-refractivity contribution in [2.45, 2.75) is 57.4 Å². The summed E-state index contributed by atoms with van der Waals surface area (Å²) >= 11 is 0. The molecule has 10 heteroatoms. The first-order chi connectivity index (χ1) is 14.7. The van der Waals surface area contributed by atoms with Crippen molar-refractivity contribution in [3.63, 3.8) is 0 Å². The van der Waals surface area contributed by atoms with E-state index in [0.717, 1.165) is 25.7 Å². The third kappa shape index (κ3) is 6.76. The Morgan fingerprint density at radius 1 is 1.13 bits per heavy atom. The fraction of sp³-hybridized carbons (Fsp3) is 0.571. The van der Waals surface area contributed by atoms with E-state index < -0.39 is 34.5 Å². The van der Waals surface area contributed by atoms with Crippen LogP contribution in [0.25, 0.3) is 0 Å². The first-order valence-electron chi connectivity index (χ1n) is 10.6. The number of carbonyl (C=O) groups is 3. The average Bonchev–Trinajstić information content (AvgIpc) is 2.74. The van der Waals surface area contributed by atoms with Gasteiger partial charge in [-0.3, -0.25) is 10.1 Å². The number of hydrogen-bond donors (Lipinski definition) is 2. The molecule has 0 bridgehead atoms. The topological polar surface area (TPSA) is 122 Å². The molecule has 0 aliphatic heterocycles. The fourth-order valence-electron chi connectivity index (χ4n) is 3.61. The summed E-state index contributed by atoms with van der Waals surface area (Å²) in [5, 5.41) is 4.93. The van der Waals surface area contributed by atoms with Gasteiger partial charge < -0.3 is 10.1 Å². The van der Waals surface area contributed by atoms with E-state index in [1.54, 1.807) is 13.8 Å². The van der Waals surface area contributed by atoms with Crippen LogP contribution in [-0.2, 0) is 19.6 Å². The van der Waals surface area contributed by atoms with Crippen LogP contribution in [0, 0.1) is 5.92 Å². The van der Waals surface area contributed by atoms with Crippen LogP contribution in [0.1, 0.15) is 56.8 Å². The molecule has 1 aromatic carbocycles. The Morgan fingerprint density at radius 2 is 1.81 bits per heavy atom. The number of nitrogens with zero attached hydrogens (tertiary/aromatic N) is 1. The number of ether oxygens (including phenoxy) is 1. The quantitative estimate of drug-likeness (QED) is 0.583. The highest BCUT2D eigenvalue weighted by molar-refractivity contribution is 7.89. The Labute approximate surface area is 183 Å². The van der Waals surface area contributed by atoms with Gasteiger partial charge in [0.15, 0.2) is 6.61 Å². The monoisotopic (exact) mass is 453 g/mol. The maximum absolute atomic E-state index is 12.6. The Balaban J connectivity index is 1.90. The summed E-state index contributed by atoms with van der Waals surface area (Å²) in [6.45, 7) is 5.46. The summed E-state index contributed by atoms with van der Waals surface area (Å²) in [7, 11) is -3.73. The molecule has 1 fully saturated rings. The minimum absolute atomic E-state index is 0.00140. The van der Waals surface area contributed by atoms with Crippen LogP contribution in [0.3, 0.4) is 0 Å². The lowest BCUT2D eigenvalue weighted by Crippen LogP contribution is -2.48. The number of esters is 1. The van der Waals surface area contributed by atoms with E-state index in [4.69, 9.17) is 4.74 Å². The van der Waals surface area contributed by atoms with Crippen molar-refractivity contribution in [3.05, 3.63) is 29.8 Å². The third-order valence-electron chi connectivity index (χ3n) is 5.43. The van der Waals surface area contributed by atoms with Gasteiger partial charge >= 0.3 is 12.0 Å². The molecule has 0 saturated heterocycles. The number of hydrogen-bond acceptors (Lipinski definition) is 6. The lowest BCUT2D eigenvalue weighted by Gasteiger charge is -2.29. The molecule has 2 atom stereocenters. The van der Waals surface area contributed by atoms with Crippen LogP contribution in [-0.4, -0.2) is 56.4 Å². The van der Waals surface area contributed by atoms with Gasteiger partial charge in [-0.2, -0.15) is 4.31 Å². The standard InChI is InChI=1S/C21H31N3O6S/c1-4-24(5-2)31(28,29)17-11-8-10-16(13-17)20(26)30-14-19(25)23-21(27)22-18-12-7-6-9-15(18)3/h8,10-11,13,15,18H,4-7,9,12,14H2,1-3H3,(H2,22,23,25,27). The lowest BCUT2D eigenvalue weighted by atomic mass is 9.86. The summed E-state index contributed by atoms with van der Waals surface area (Å²) in [6, 6.07) is 4.84. The molecule has 3 amide bonds. The van der Waals surface area contributed by atoms with Crippen molar-refractivity contribution in [3.8, 4) is 0 Å². The summed E-state index contributed by atoms with van der Waals surface area (Å²) in [5.41, 5.74) is 0.00140. The highest BCUT2D eigenvalue weighted by Gasteiger charge is 2.25. The van der Waals surface area contributed by atoms with Gasteiger partial charge in [0.2, 0.25) is 10.0 Å². The molecule has 1 aromatic rings. The molecular formula is C21H31N3O6S. The second kappa shape index (κ2) is 11.2. The predicted molar refractivity (Wildman–Crippen MR) is 115 cm³/mol. The summed E-state index contributed by atoms with van der Waals surface area (Å²) < 4.78 is 31.4. The van der Waals surface area contributed by atoms with Crippen molar-refractivity contribution in [1.82, 2.24) is 14.9 Å². The zero-order valence-corrected chi connectivity index (χ0v) is 19.0. The highest BCUT2D eigenvalue weighted by Crippen LogP contribution is 2.23. The largest absolute Gasteiger partial charge is 0.452 e. The normalized spacial score (nSPS) is 19.0. The first kappa shape index (κ1) is 24.8. The number of sulfonamides is 1. The van der Waals surface area contributed by atoms with E-state index in [1.165, 1.54) is 28.6 Å². The van der Waals surface area contributed by atoms with Gasteiger partial charge in [-0.25, -0.2) is 18.0 Å². The molecule has 172 valence electrons. The zero-order chi connectivity index (χ0) is 23.0. The smallest absolute Gasteiger partial charge is 0.338 e. The number of rotatable bonds is 8. The average molecular weight is 454 g/mol. The summed E-state index contributed by atoms with van der Waals surface area (Å²) in [5.74, 6) is -1.28. The van der Waals surface area contributed by atoms with Crippen LogP contribution in [0.5, 0.6) is 0 Å². The van der Waals surface area contributed by atoms with Crippen LogP contribution >= 0.6 is 0 Å². The van der Waals surface area contributed by atoms with Crippen molar-refractivity contribution in [2.24, 2.45) is 5.92 Å². The van der Waals surface area contributed by atoms with Crippen molar-refractivity contribution in [2.75, 3.05) is 19.7 Å². The summed E-state index contributed by atoms with van der Waals surface area (Å²) in [6.07, 6.45) is 4.06. The van der Waals surface area contributed by atoms with Gasteiger partial charge in [0.05, 0.1) is 10.5 Å². The van der Waals surface area contributed by atoms with E-state index in [2.05, 4.69) is 17.6 Å². The molecule has 1 aliphatic rings. The molecular weight excluding hydrogens is 422 g/mol. The summed E-state index contributed by atoms with van der Waals surface area (Å²) in [4.78, 5) is 36.2. The van der Waals surface area contributed by atoms with E-state index in [9.17, 15) is 22.8 Å². The Bertz CT molecular complexity index is 898. The fourth-order valence-corrected chi connectivity index (χ4v) is 5.11. The number of urea groups is 1. The zero-order valence-electron chi connectivity index (χ0n) is 18.2. The van der Waals surface area contributed by atoms with Gasteiger partial charge in [-0.15, -0.1) is 0 Å². The number of nitrogens with one attached hydrogen (secondary N) is 2. The molecule has 1 aliphatic carbocycles. The van der Waals surface area contributed by atoms with Crippen molar-refractivity contribution in [1.29, 1.82) is 0 Å². The number of amides is 3. The minimum Gasteiger partial charge on any atom is -0.452 e. The second-order valence-electron chi connectivity index (χ2n) is 7.58. The van der Waals surface area contributed by atoms with Gasteiger partial charge in [-0.1, -0.05) is 39.7 Å². The van der Waals surface area contributed by atoms with Gasteiger partial charge in [0, 0.05) is 19.1 Å². The molecule has 0 aromatic heterocycles. The molecule has 0 radical (unpaired) electrons. The molecule has 0 spiro atoms. The first-order valence-corrected chi connectivity index (χ1v) is 12.0. The maximum atomic E-state index is 12.6. The van der Waals surface area contributed by atoms with Gasteiger partial charge in [-0.05, 0) is 37.0 Å². The number of carbonyl (C=O) groups excluding carboxylic acids is 3. The van der Waals surface area contributed by atoms with E-state index in [-0.39, 0.29) is 16.5 Å². The molecule has 9 nitrogen and oxygen atoms in total. The molecule has 0 heterocycles. The molecule has 2 rings (SSSR count). The van der Waals surface area contributed by atoms with E-state index in [1.807, 2.05) is 0 Å².